The minimum Gasteiger partial charge on any atom is -0.457 e. The Bertz CT molecular complexity index is 1650. The number of nitrogens with one attached hydrogen (secondary N) is 1. The summed E-state index contributed by atoms with van der Waals surface area (Å²) in [5.41, 5.74) is 18.0. The lowest BCUT2D eigenvalue weighted by atomic mass is 10.2. The molecule has 5 rings (SSSR count). The standard InChI is InChI=1S/C29H29N5O4.C4H11N3/c30-26(35)19-34-25-13-12-21(29(37)31-14-6-16-33-15-5-11-27(33)36)18-24(25)32-28(34)20-7-4-10-23(17-20)38-22-8-2-1-3-9-22;1-2-3-7-4(5)6/h1-4,7-10,12-13,17-18H,5-6,11,14-16,19H2,(H2,30,35)(H,31,37);2-3H2,1H3,(H4,5,6,7). The molecular weight excluding hydrogens is 572 g/mol. The summed E-state index contributed by atoms with van der Waals surface area (Å²) >= 11 is 0. The monoisotopic (exact) mass is 612 g/mol. The number of benzene rings is 3. The number of hydrogen-bond donors (Lipinski definition) is 4. The van der Waals surface area contributed by atoms with Crippen LogP contribution < -0.4 is 27.3 Å². The maximum Gasteiger partial charge on any atom is 0.251 e. The number of primary amides is 1. The van der Waals surface area contributed by atoms with Gasteiger partial charge in [-0.3, -0.25) is 19.4 Å². The van der Waals surface area contributed by atoms with E-state index >= 15 is 0 Å². The average Bonchev–Trinajstić information content (AvgIpc) is 3.61. The summed E-state index contributed by atoms with van der Waals surface area (Å²) in [6.07, 6.45) is 3.21. The molecule has 1 aromatic heterocycles. The third kappa shape index (κ3) is 9.30. The number of nitrogens with zero attached hydrogens (tertiary/aromatic N) is 4. The Kier molecular flexibility index (Phi) is 11.5. The fraction of sp³-hybridized carbons (Fsp3) is 0.303. The van der Waals surface area contributed by atoms with Gasteiger partial charge in [-0.05, 0) is 61.7 Å². The molecule has 0 spiro atoms. The van der Waals surface area contributed by atoms with Crippen molar-refractivity contribution in [3.8, 4) is 22.9 Å². The number of carbonyl (C=O) groups is 3. The number of rotatable bonds is 12. The molecule has 7 N–H and O–H groups in total. The zero-order chi connectivity index (χ0) is 32.2. The summed E-state index contributed by atoms with van der Waals surface area (Å²) in [5, 5.41) is 2.92. The van der Waals surface area contributed by atoms with Crippen LogP contribution >= 0.6 is 0 Å². The second-order valence-electron chi connectivity index (χ2n) is 10.5. The summed E-state index contributed by atoms with van der Waals surface area (Å²) in [7, 11) is 0. The van der Waals surface area contributed by atoms with Gasteiger partial charge in [-0.2, -0.15) is 0 Å². The number of fused-ring (bicyclic) bond motifs is 1. The Morgan fingerprint density at radius 2 is 1.78 bits per heavy atom. The average molecular weight is 613 g/mol. The van der Waals surface area contributed by atoms with E-state index in [1.807, 2.05) is 66.4 Å². The molecule has 3 amide bonds. The zero-order valence-electron chi connectivity index (χ0n) is 25.4. The molecule has 45 heavy (non-hydrogen) atoms. The van der Waals surface area contributed by atoms with Crippen molar-refractivity contribution in [1.29, 1.82) is 0 Å². The lowest BCUT2D eigenvalue weighted by Gasteiger charge is -2.15. The molecule has 12 nitrogen and oxygen atoms in total. The van der Waals surface area contributed by atoms with Gasteiger partial charge in [0, 0.05) is 43.7 Å². The van der Waals surface area contributed by atoms with Gasteiger partial charge in [0.05, 0.1) is 11.0 Å². The number of amides is 3. The number of ether oxygens (including phenoxy) is 1. The Morgan fingerprint density at radius 1 is 1.00 bits per heavy atom. The molecular formula is C33H40N8O4. The number of aromatic nitrogens is 2. The van der Waals surface area contributed by atoms with Crippen molar-refractivity contribution in [3.63, 3.8) is 0 Å². The maximum absolute atomic E-state index is 12.8. The van der Waals surface area contributed by atoms with Crippen molar-refractivity contribution < 1.29 is 19.1 Å². The predicted octanol–water partition coefficient (Wildman–Crippen LogP) is 3.39. The number of aliphatic imine (C=N–C) groups is 1. The molecule has 0 bridgehead atoms. The zero-order valence-corrected chi connectivity index (χ0v) is 25.4. The summed E-state index contributed by atoms with van der Waals surface area (Å²) < 4.78 is 7.71. The Morgan fingerprint density at radius 3 is 2.44 bits per heavy atom. The van der Waals surface area contributed by atoms with Crippen LogP contribution in [0.2, 0.25) is 0 Å². The van der Waals surface area contributed by atoms with Gasteiger partial charge in [0.15, 0.2) is 5.96 Å². The van der Waals surface area contributed by atoms with Crippen LogP contribution in [0, 0.1) is 0 Å². The highest BCUT2D eigenvalue weighted by molar-refractivity contribution is 5.98. The molecule has 0 aliphatic carbocycles. The molecule has 2 heterocycles. The Hall–Kier alpha value is -5.39. The first-order valence-corrected chi connectivity index (χ1v) is 15.0. The van der Waals surface area contributed by atoms with E-state index in [2.05, 4.69) is 10.3 Å². The quantitative estimate of drug-likeness (QED) is 0.107. The molecule has 4 aromatic rings. The van der Waals surface area contributed by atoms with E-state index in [-0.39, 0.29) is 24.3 Å². The van der Waals surface area contributed by atoms with Crippen LogP contribution in [0.5, 0.6) is 11.5 Å². The summed E-state index contributed by atoms with van der Waals surface area (Å²) in [6, 6.07) is 22.1. The summed E-state index contributed by atoms with van der Waals surface area (Å²) in [4.78, 5) is 46.7. The van der Waals surface area contributed by atoms with Gasteiger partial charge >= 0.3 is 0 Å². The topological polar surface area (TPSA) is 184 Å². The highest BCUT2D eigenvalue weighted by Crippen LogP contribution is 2.30. The molecule has 236 valence electrons. The highest BCUT2D eigenvalue weighted by Gasteiger charge is 2.20. The van der Waals surface area contributed by atoms with Gasteiger partial charge in [0.2, 0.25) is 11.8 Å². The van der Waals surface area contributed by atoms with E-state index in [0.29, 0.717) is 59.9 Å². The van der Waals surface area contributed by atoms with Crippen molar-refractivity contribution >= 4 is 34.7 Å². The van der Waals surface area contributed by atoms with Gasteiger partial charge in [0.25, 0.3) is 5.91 Å². The lowest BCUT2D eigenvalue weighted by Crippen LogP contribution is -2.30. The summed E-state index contributed by atoms with van der Waals surface area (Å²) in [6.45, 7) is 4.61. The molecule has 1 aliphatic rings. The molecule has 0 unspecified atom stereocenters. The number of imidazole rings is 1. The van der Waals surface area contributed by atoms with E-state index in [1.165, 1.54) is 0 Å². The minimum absolute atomic E-state index is 0.0592. The molecule has 12 heteroatoms. The SMILES string of the molecule is CCCN=C(N)N.NC(=O)Cn1c(-c2cccc(Oc3ccccc3)c2)nc2cc(C(=O)NCCCN3CCCC3=O)ccc21. The van der Waals surface area contributed by atoms with Crippen LogP contribution in [-0.2, 0) is 16.1 Å². The van der Waals surface area contributed by atoms with E-state index in [1.54, 1.807) is 22.8 Å². The van der Waals surface area contributed by atoms with Crippen molar-refractivity contribution in [2.45, 2.75) is 39.2 Å². The van der Waals surface area contributed by atoms with Crippen molar-refractivity contribution in [1.82, 2.24) is 19.8 Å². The molecule has 1 fully saturated rings. The number of nitrogens with two attached hydrogens (primary N) is 3. The normalized spacial score (nSPS) is 12.4. The fourth-order valence-electron chi connectivity index (χ4n) is 4.89. The van der Waals surface area contributed by atoms with Gasteiger partial charge in [0.1, 0.15) is 23.9 Å². The number of guanidine groups is 1. The molecule has 0 radical (unpaired) electrons. The van der Waals surface area contributed by atoms with E-state index in [9.17, 15) is 14.4 Å². The lowest BCUT2D eigenvalue weighted by molar-refractivity contribution is -0.127. The second kappa shape index (κ2) is 15.9. The third-order valence-electron chi connectivity index (χ3n) is 6.98. The Balaban J connectivity index is 0.000000591. The molecule has 1 saturated heterocycles. The number of hydrogen-bond acceptors (Lipinski definition) is 6. The van der Waals surface area contributed by atoms with Crippen LogP contribution in [0.15, 0.2) is 77.8 Å². The number of para-hydroxylation sites is 1. The van der Waals surface area contributed by atoms with Crippen LogP contribution in [-0.4, -0.2) is 64.3 Å². The van der Waals surface area contributed by atoms with Gasteiger partial charge in [-0.15, -0.1) is 0 Å². The number of carbonyl (C=O) groups excluding carboxylic acids is 3. The van der Waals surface area contributed by atoms with Gasteiger partial charge < -0.3 is 36.7 Å². The van der Waals surface area contributed by atoms with Gasteiger partial charge in [-0.25, -0.2) is 4.98 Å². The first-order chi connectivity index (χ1) is 21.7. The Labute approximate surface area is 262 Å². The van der Waals surface area contributed by atoms with Crippen LogP contribution in [0.1, 0.15) is 43.0 Å². The fourth-order valence-corrected chi connectivity index (χ4v) is 4.89. The van der Waals surface area contributed by atoms with Crippen molar-refractivity contribution in [2.24, 2.45) is 22.2 Å². The van der Waals surface area contributed by atoms with Crippen LogP contribution in [0.25, 0.3) is 22.4 Å². The first kappa shape index (κ1) is 32.5. The first-order valence-electron chi connectivity index (χ1n) is 15.0. The predicted molar refractivity (Wildman–Crippen MR) is 175 cm³/mol. The summed E-state index contributed by atoms with van der Waals surface area (Å²) in [5.74, 6) is 1.53. The largest absolute Gasteiger partial charge is 0.457 e. The minimum atomic E-state index is -0.499. The highest BCUT2D eigenvalue weighted by atomic mass is 16.5. The van der Waals surface area contributed by atoms with Crippen molar-refractivity contribution in [3.05, 3.63) is 78.4 Å². The van der Waals surface area contributed by atoms with E-state index in [0.717, 1.165) is 31.5 Å². The van der Waals surface area contributed by atoms with Crippen LogP contribution in [0.4, 0.5) is 0 Å². The smallest absolute Gasteiger partial charge is 0.251 e. The van der Waals surface area contributed by atoms with Crippen molar-refractivity contribution in [2.75, 3.05) is 26.2 Å². The van der Waals surface area contributed by atoms with Gasteiger partial charge in [-0.1, -0.05) is 37.3 Å². The molecule has 0 saturated carbocycles. The maximum atomic E-state index is 12.8. The van der Waals surface area contributed by atoms with E-state index in [4.69, 9.17) is 26.9 Å². The third-order valence-corrected chi connectivity index (χ3v) is 6.98. The molecule has 3 aromatic carbocycles. The molecule has 1 aliphatic heterocycles. The molecule has 0 atom stereocenters. The van der Waals surface area contributed by atoms with E-state index < -0.39 is 5.91 Å². The van der Waals surface area contributed by atoms with Crippen LogP contribution in [0.3, 0.4) is 0 Å². The second-order valence-corrected chi connectivity index (χ2v) is 10.5. The number of likely N-dealkylation sites (tertiary alicyclic amines) is 1.